The van der Waals surface area contributed by atoms with Crippen LogP contribution in [0.2, 0.25) is 0 Å². The number of methoxy groups -OCH3 is 1. The molecule has 0 saturated heterocycles. The summed E-state index contributed by atoms with van der Waals surface area (Å²) in [6.45, 7) is 0. The first-order valence-corrected chi connectivity index (χ1v) is 6.10. The van der Waals surface area contributed by atoms with Crippen molar-refractivity contribution < 1.29 is 31.8 Å². The van der Waals surface area contributed by atoms with E-state index in [1.165, 1.54) is 7.11 Å². The number of phenols is 2. The van der Waals surface area contributed by atoms with E-state index in [1.807, 2.05) is 12.1 Å². The molecule has 0 aliphatic carbocycles. The highest BCUT2D eigenvalue weighted by atomic mass is 35.5. The quantitative estimate of drug-likeness (QED) is 0.688. The molecule has 0 amide bonds. The molecule has 0 fully saturated rings. The third-order valence-electron chi connectivity index (χ3n) is 3.10. The Balaban J connectivity index is 0.00000161. The number of phenolic OH excluding ortho intramolecular Hbond substituents is 2. The predicted octanol–water partition coefficient (Wildman–Crippen LogP) is 0.805. The molecule has 0 spiro atoms. The fourth-order valence-electron chi connectivity index (χ4n) is 2.05. The molecule has 21 heavy (non-hydrogen) atoms. The van der Waals surface area contributed by atoms with Gasteiger partial charge in [0.15, 0.2) is 11.5 Å². The Hall–Kier alpha value is -2.46. The highest BCUT2D eigenvalue weighted by molar-refractivity contribution is 5.80. The van der Waals surface area contributed by atoms with Crippen LogP contribution in [-0.4, -0.2) is 17.3 Å². The lowest BCUT2D eigenvalue weighted by molar-refractivity contribution is -0.00000669. The average Bonchev–Trinajstić information content (AvgIpc) is 2.47. The molecule has 108 valence electrons. The van der Waals surface area contributed by atoms with Gasteiger partial charge in [0, 0.05) is 12.1 Å². The molecular weight excluding hydrogens is 292 g/mol. The smallest absolute Gasteiger partial charge is 0.364 e. The van der Waals surface area contributed by atoms with Crippen LogP contribution in [-0.2, 0) is 0 Å². The molecule has 0 atom stereocenters. The highest BCUT2D eigenvalue weighted by Gasteiger charge is 2.16. The molecule has 2 aromatic carbocycles. The number of hydrogen-bond acceptors (Lipinski definition) is 3. The Morgan fingerprint density at radius 3 is 2.48 bits per heavy atom. The van der Waals surface area contributed by atoms with Gasteiger partial charge in [-0.25, -0.2) is 4.42 Å². The van der Waals surface area contributed by atoms with E-state index in [-0.39, 0.29) is 23.9 Å². The van der Waals surface area contributed by atoms with E-state index in [0.717, 1.165) is 10.9 Å². The zero-order valence-corrected chi connectivity index (χ0v) is 12.0. The van der Waals surface area contributed by atoms with Gasteiger partial charge < -0.3 is 27.4 Å². The van der Waals surface area contributed by atoms with E-state index < -0.39 is 0 Å². The molecule has 0 bridgehead atoms. The minimum atomic E-state index is 0. The summed E-state index contributed by atoms with van der Waals surface area (Å²) >= 11 is 0. The number of rotatable bonds is 2. The lowest BCUT2D eigenvalue weighted by atomic mass is 10.1. The van der Waals surface area contributed by atoms with Gasteiger partial charge in [-0.2, -0.15) is 0 Å². The topological polar surface area (TPSA) is 61.0 Å². The number of aromatic hydroxyl groups is 2. The van der Waals surface area contributed by atoms with Gasteiger partial charge >= 0.3 is 11.3 Å². The van der Waals surface area contributed by atoms with E-state index in [2.05, 4.69) is 0 Å². The first-order valence-electron chi connectivity index (χ1n) is 6.10. The minimum Gasteiger partial charge on any atom is -1.00 e. The van der Waals surface area contributed by atoms with Crippen molar-refractivity contribution in [2.75, 3.05) is 7.11 Å². The van der Waals surface area contributed by atoms with Crippen molar-refractivity contribution in [1.29, 1.82) is 0 Å². The number of ether oxygens (including phenoxy) is 1. The first-order chi connectivity index (χ1) is 9.67. The molecule has 3 rings (SSSR count). The van der Waals surface area contributed by atoms with Gasteiger partial charge in [0.25, 0.3) is 0 Å². The molecule has 0 aliphatic rings. The van der Waals surface area contributed by atoms with E-state index in [9.17, 15) is 10.2 Å². The van der Waals surface area contributed by atoms with Crippen LogP contribution >= 0.6 is 0 Å². The third-order valence-corrected chi connectivity index (χ3v) is 3.10. The Labute approximate surface area is 127 Å². The standard InChI is InChI=1S/C16H12O4.ClH/c1-19-16-8-11(3-6-13(16)18)14-7-4-10-2-5-12(17)9-15(10)20-14;/h2-9H,1H3,(H-,17,18);1H. The normalized spacial score (nSPS) is 10.1. The van der Waals surface area contributed by atoms with Crippen molar-refractivity contribution in [3.05, 3.63) is 48.5 Å². The molecule has 0 radical (unpaired) electrons. The monoisotopic (exact) mass is 304 g/mol. The maximum atomic E-state index is 9.60. The second-order valence-corrected chi connectivity index (χ2v) is 4.41. The molecule has 2 N–H and O–H groups in total. The average molecular weight is 305 g/mol. The maximum absolute atomic E-state index is 9.60. The summed E-state index contributed by atoms with van der Waals surface area (Å²) in [6.07, 6.45) is 0. The fraction of sp³-hybridized carbons (Fsp3) is 0.0625. The predicted molar refractivity (Wildman–Crippen MR) is 75.9 cm³/mol. The molecule has 1 heterocycles. The van der Waals surface area contributed by atoms with Gasteiger partial charge in [-0.15, -0.1) is 0 Å². The van der Waals surface area contributed by atoms with Gasteiger partial charge in [-0.1, -0.05) is 0 Å². The van der Waals surface area contributed by atoms with Crippen LogP contribution in [0, 0.1) is 0 Å². The number of fused-ring (bicyclic) bond motifs is 1. The van der Waals surface area contributed by atoms with Crippen LogP contribution in [0.1, 0.15) is 0 Å². The molecular formula is C16H13ClO4. The zero-order chi connectivity index (χ0) is 14.1. The summed E-state index contributed by atoms with van der Waals surface area (Å²) in [6, 6.07) is 13.7. The lowest BCUT2D eigenvalue weighted by Crippen LogP contribution is -3.00. The fourth-order valence-corrected chi connectivity index (χ4v) is 2.05. The second-order valence-electron chi connectivity index (χ2n) is 4.41. The van der Waals surface area contributed by atoms with E-state index in [4.69, 9.17) is 9.15 Å². The van der Waals surface area contributed by atoms with Crippen molar-refractivity contribution in [3.8, 4) is 28.6 Å². The van der Waals surface area contributed by atoms with Crippen LogP contribution in [0.15, 0.2) is 52.9 Å². The van der Waals surface area contributed by atoms with Crippen molar-refractivity contribution in [3.63, 3.8) is 0 Å². The van der Waals surface area contributed by atoms with E-state index in [1.54, 1.807) is 36.4 Å². The third kappa shape index (κ3) is 2.85. The molecule has 1 aromatic heterocycles. The molecule has 4 nitrogen and oxygen atoms in total. The Morgan fingerprint density at radius 1 is 0.952 bits per heavy atom. The van der Waals surface area contributed by atoms with Gasteiger partial charge in [-0.3, -0.25) is 0 Å². The lowest BCUT2D eigenvalue weighted by Gasteiger charge is -2.02. The molecule has 0 saturated carbocycles. The zero-order valence-electron chi connectivity index (χ0n) is 11.2. The molecule has 0 unspecified atom stereocenters. The molecule has 3 aromatic rings. The summed E-state index contributed by atoms with van der Waals surface area (Å²) in [7, 11) is 1.49. The number of hydrogen-bond donors (Lipinski definition) is 2. The number of halogens is 1. The summed E-state index contributed by atoms with van der Waals surface area (Å²) in [5, 5.41) is 20.0. The van der Waals surface area contributed by atoms with Gasteiger partial charge in [-0.05, 0) is 30.3 Å². The van der Waals surface area contributed by atoms with Gasteiger partial charge in [0.2, 0.25) is 0 Å². The second kappa shape index (κ2) is 5.89. The molecule has 0 aliphatic heterocycles. The van der Waals surface area contributed by atoms with Crippen LogP contribution in [0.5, 0.6) is 17.2 Å². The van der Waals surface area contributed by atoms with E-state index in [0.29, 0.717) is 17.1 Å². The maximum Gasteiger partial charge on any atom is 0.364 e. The minimum absolute atomic E-state index is 0. The van der Waals surface area contributed by atoms with Gasteiger partial charge in [0.1, 0.15) is 5.75 Å². The first kappa shape index (κ1) is 14.9. The Kier molecular flexibility index (Phi) is 4.19. The van der Waals surface area contributed by atoms with Crippen LogP contribution in [0.25, 0.3) is 22.3 Å². The van der Waals surface area contributed by atoms with Crippen molar-refractivity contribution in [2.24, 2.45) is 0 Å². The SMILES string of the molecule is COc1cc(-c2ccc3ccc(O)cc3[o+]2)ccc1O.[Cl-]. The van der Waals surface area contributed by atoms with Crippen LogP contribution in [0.4, 0.5) is 0 Å². The largest absolute Gasteiger partial charge is 1.00 e. The van der Waals surface area contributed by atoms with Crippen LogP contribution < -0.4 is 17.1 Å². The highest BCUT2D eigenvalue weighted by Crippen LogP contribution is 2.33. The van der Waals surface area contributed by atoms with Crippen molar-refractivity contribution in [1.82, 2.24) is 0 Å². The van der Waals surface area contributed by atoms with Crippen molar-refractivity contribution in [2.45, 2.75) is 0 Å². The Bertz CT molecular complexity index is 786. The summed E-state index contributed by atoms with van der Waals surface area (Å²) in [5.41, 5.74) is 1.37. The Morgan fingerprint density at radius 2 is 1.71 bits per heavy atom. The number of benzene rings is 2. The summed E-state index contributed by atoms with van der Waals surface area (Å²) < 4.78 is 10.9. The van der Waals surface area contributed by atoms with Crippen molar-refractivity contribution >= 4 is 11.0 Å². The summed E-state index contributed by atoms with van der Waals surface area (Å²) in [4.78, 5) is 0. The molecule has 5 heteroatoms. The van der Waals surface area contributed by atoms with E-state index >= 15 is 0 Å². The van der Waals surface area contributed by atoms with Gasteiger partial charge in [0.05, 0.1) is 24.1 Å². The van der Waals surface area contributed by atoms with Crippen LogP contribution in [0.3, 0.4) is 0 Å². The summed E-state index contributed by atoms with van der Waals surface area (Å²) in [5.74, 6) is 1.24.